The maximum atomic E-state index is 12.4. The lowest BCUT2D eigenvalue weighted by Crippen LogP contribution is -2.05. The first-order valence-electron chi connectivity index (χ1n) is 5.49. The average molecular weight is 321 g/mol. The van der Waals surface area contributed by atoms with Crippen LogP contribution in [0.1, 0.15) is 18.9 Å². The first-order chi connectivity index (χ1) is 8.62. The zero-order valence-electron chi connectivity index (χ0n) is 10.3. The maximum Gasteiger partial charge on any atom is 0.387 e. The zero-order valence-corrected chi connectivity index (χ0v) is 11.8. The molecule has 0 aliphatic rings. The summed E-state index contributed by atoms with van der Waals surface area (Å²) >= 11 is 3.36. The van der Waals surface area contributed by atoms with Gasteiger partial charge in [0.15, 0.2) is 11.5 Å². The molecule has 0 aromatic heterocycles. The number of para-hydroxylation sites is 1. The van der Waals surface area contributed by atoms with E-state index in [1.807, 2.05) is 13.0 Å². The number of hydrogen-bond donors (Lipinski definition) is 0. The summed E-state index contributed by atoms with van der Waals surface area (Å²) in [6, 6.07) is 5.05. The van der Waals surface area contributed by atoms with Crippen LogP contribution in [0.5, 0.6) is 11.5 Å². The van der Waals surface area contributed by atoms with E-state index in [9.17, 15) is 8.78 Å². The standard InChI is InChI=1S/C13H15BrF2O2/c1-3-9(8-14)7-10-5-4-6-11(17-2)12(10)18-13(15)16/h4-7,13H,3,8H2,1-2H3. The molecule has 100 valence electrons. The molecule has 0 radical (unpaired) electrons. The molecule has 1 rings (SSSR count). The van der Waals surface area contributed by atoms with Gasteiger partial charge in [-0.2, -0.15) is 8.78 Å². The summed E-state index contributed by atoms with van der Waals surface area (Å²) in [7, 11) is 1.42. The van der Waals surface area contributed by atoms with Gasteiger partial charge >= 0.3 is 6.61 Å². The van der Waals surface area contributed by atoms with Crippen LogP contribution in [0, 0.1) is 0 Å². The number of benzene rings is 1. The molecule has 0 fully saturated rings. The van der Waals surface area contributed by atoms with E-state index in [1.54, 1.807) is 18.2 Å². The summed E-state index contributed by atoms with van der Waals surface area (Å²) in [6.07, 6.45) is 2.66. The van der Waals surface area contributed by atoms with Crippen molar-refractivity contribution in [2.45, 2.75) is 20.0 Å². The Morgan fingerprint density at radius 3 is 2.67 bits per heavy atom. The van der Waals surface area contributed by atoms with E-state index in [2.05, 4.69) is 20.7 Å². The van der Waals surface area contributed by atoms with Crippen molar-refractivity contribution in [2.24, 2.45) is 0 Å². The topological polar surface area (TPSA) is 18.5 Å². The predicted octanol–water partition coefficient (Wildman–Crippen LogP) is 4.48. The van der Waals surface area contributed by atoms with E-state index >= 15 is 0 Å². The van der Waals surface area contributed by atoms with Gasteiger partial charge in [-0.15, -0.1) is 0 Å². The first-order valence-corrected chi connectivity index (χ1v) is 6.61. The minimum atomic E-state index is -2.87. The molecule has 5 heteroatoms. The van der Waals surface area contributed by atoms with Gasteiger partial charge in [-0.05, 0) is 12.5 Å². The van der Waals surface area contributed by atoms with Crippen LogP contribution in [0.4, 0.5) is 8.78 Å². The van der Waals surface area contributed by atoms with E-state index in [0.717, 1.165) is 12.0 Å². The molecule has 18 heavy (non-hydrogen) atoms. The van der Waals surface area contributed by atoms with Gasteiger partial charge in [0.1, 0.15) is 0 Å². The number of allylic oxidation sites excluding steroid dienone is 1. The quantitative estimate of drug-likeness (QED) is 0.719. The van der Waals surface area contributed by atoms with Gasteiger partial charge in [0.2, 0.25) is 0 Å². The van der Waals surface area contributed by atoms with E-state index in [1.165, 1.54) is 7.11 Å². The predicted molar refractivity (Wildman–Crippen MR) is 71.7 cm³/mol. The fraction of sp³-hybridized carbons (Fsp3) is 0.385. The summed E-state index contributed by atoms with van der Waals surface area (Å²) in [5.74, 6) is 0.371. The number of rotatable bonds is 6. The Labute approximate surface area is 114 Å². The van der Waals surface area contributed by atoms with Gasteiger partial charge < -0.3 is 9.47 Å². The Kier molecular flexibility index (Phi) is 6.12. The molecule has 1 aromatic carbocycles. The first kappa shape index (κ1) is 15.0. The number of alkyl halides is 3. The molecule has 0 spiro atoms. The molecule has 0 amide bonds. The lowest BCUT2D eigenvalue weighted by molar-refractivity contribution is -0.0513. The molecular weight excluding hydrogens is 306 g/mol. The van der Waals surface area contributed by atoms with Gasteiger partial charge in [0.05, 0.1) is 7.11 Å². The lowest BCUT2D eigenvalue weighted by atomic mass is 10.1. The molecule has 0 saturated heterocycles. The summed E-state index contributed by atoms with van der Waals surface area (Å²) in [4.78, 5) is 0. The average Bonchev–Trinajstić information content (AvgIpc) is 2.36. The Balaban J connectivity index is 3.21. The minimum Gasteiger partial charge on any atom is -0.493 e. The third kappa shape index (κ3) is 3.98. The van der Waals surface area contributed by atoms with Crippen molar-refractivity contribution < 1.29 is 18.3 Å². The van der Waals surface area contributed by atoms with Crippen molar-refractivity contribution in [1.82, 2.24) is 0 Å². The minimum absolute atomic E-state index is 0.0712. The Morgan fingerprint density at radius 2 is 2.17 bits per heavy atom. The maximum absolute atomic E-state index is 12.4. The number of methoxy groups -OCH3 is 1. The van der Waals surface area contributed by atoms with Crippen molar-refractivity contribution in [1.29, 1.82) is 0 Å². The normalized spacial score (nSPS) is 11.8. The van der Waals surface area contributed by atoms with Crippen molar-refractivity contribution >= 4 is 22.0 Å². The summed E-state index contributed by atoms with van der Waals surface area (Å²) in [6.45, 7) is -0.872. The fourth-order valence-corrected chi connectivity index (χ4v) is 2.04. The molecule has 0 saturated carbocycles. The number of ether oxygens (including phenoxy) is 2. The third-order valence-corrected chi connectivity index (χ3v) is 3.14. The fourth-order valence-electron chi connectivity index (χ4n) is 1.48. The Morgan fingerprint density at radius 1 is 1.44 bits per heavy atom. The van der Waals surface area contributed by atoms with Gasteiger partial charge in [-0.1, -0.05) is 46.6 Å². The van der Waals surface area contributed by atoms with Crippen LogP contribution in [0.25, 0.3) is 6.08 Å². The van der Waals surface area contributed by atoms with Crippen LogP contribution in [-0.4, -0.2) is 19.1 Å². The highest BCUT2D eigenvalue weighted by Gasteiger charge is 2.14. The Hall–Kier alpha value is -1.10. The van der Waals surface area contributed by atoms with Crippen LogP contribution in [0.15, 0.2) is 23.8 Å². The van der Waals surface area contributed by atoms with Crippen LogP contribution < -0.4 is 9.47 Å². The van der Waals surface area contributed by atoms with E-state index in [-0.39, 0.29) is 5.75 Å². The smallest absolute Gasteiger partial charge is 0.387 e. The van der Waals surface area contributed by atoms with Crippen molar-refractivity contribution in [3.63, 3.8) is 0 Å². The molecular formula is C13H15BrF2O2. The molecule has 0 aliphatic heterocycles. The van der Waals surface area contributed by atoms with E-state index < -0.39 is 6.61 Å². The second-order valence-corrected chi connectivity index (χ2v) is 4.11. The molecule has 0 unspecified atom stereocenters. The van der Waals surface area contributed by atoms with Crippen LogP contribution in [0.2, 0.25) is 0 Å². The van der Waals surface area contributed by atoms with Crippen LogP contribution in [0.3, 0.4) is 0 Å². The third-order valence-electron chi connectivity index (χ3n) is 2.42. The number of hydrogen-bond acceptors (Lipinski definition) is 2. The monoisotopic (exact) mass is 320 g/mol. The molecule has 0 bridgehead atoms. The number of halogens is 3. The Bertz CT molecular complexity index is 413. The molecule has 2 nitrogen and oxygen atoms in total. The molecule has 0 atom stereocenters. The SMILES string of the molecule is CCC(=Cc1cccc(OC)c1OC(F)F)CBr. The molecule has 1 aromatic rings. The van der Waals surface area contributed by atoms with Crippen molar-refractivity contribution in [3.8, 4) is 11.5 Å². The van der Waals surface area contributed by atoms with Gasteiger partial charge in [-0.3, -0.25) is 0 Å². The molecule has 0 aliphatic carbocycles. The molecule has 0 N–H and O–H groups in total. The van der Waals surface area contributed by atoms with E-state index in [0.29, 0.717) is 16.6 Å². The van der Waals surface area contributed by atoms with Crippen molar-refractivity contribution in [2.75, 3.05) is 12.4 Å². The van der Waals surface area contributed by atoms with E-state index in [4.69, 9.17) is 4.74 Å². The van der Waals surface area contributed by atoms with Crippen LogP contribution in [-0.2, 0) is 0 Å². The van der Waals surface area contributed by atoms with Gasteiger partial charge in [0, 0.05) is 10.9 Å². The summed E-state index contributed by atoms with van der Waals surface area (Å²) in [5, 5.41) is 0.689. The highest BCUT2D eigenvalue weighted by atomic mass is 79.9. The summed E-state index contributed by atoms with van der Waals surface area (Å²) in [5.41, 5.74) is 1.67. The highest BCUT2D eigenvalue weighted by molar-refractivity contribution is 9.09. The van der Waals surface area contributed by atoms with Crippen molar-refractivity contribution in [3.05, 3.63) is 29.3 Å². The highest BCUT2D eigenvalue weighted by Crippen LogP contribution is 2.34. The lowest BCUT2D eigenvalue weighted by Gasteiger charge is -2.13. The molecule has 0 heterocycles. The largest absolute Gasteiger partial charge is 0.493 e. The van der Waals surface area contributed by atoms with Gasteiger partial charge in [-0.25, -0.2) is 0 Å². The van der Waals surface area contributed by atoms with Crippen LogP contribution >= 0.6 is 15.9 Å². The zero-order chi connectivity index (χ0) is 13.5. The second kappa shape index (κ2) is 7.36. The van der Waals surface area contributed by atoms with Gasteiger partial charge in [0.25, 0.3) is 0 Å². The summed E-state index contributed by atoms with van der Waals surface area (Å²) < 4.78 is 34.4. The second-order valence-electron chi connectivity index (χ2n) is 3.55.